The van der Waals surface area contributed by atoms with E-state index in [1.165, 1.54) is 17.8 Å². The maximum Gasteiger partial charge on any atom is 0.471 e. The number of rotatable bonds is 11. The third kappa shape index (κ3) is 8.64. The number of carbonyl (C=O) groups is 3. The van der Waals surface area contributed by atoms with Crippen LogP contribution in [0.4, 0.5) is 13.2 Å². The maximum absolute atomic E-state index is 13.1. The second-order valence-electron chi connectivity index (χ2n) is 12.5. The molecule has 3 N–H and O–H groups in total. The lowest BCUT2D eigenvalue weighted by molar-refractivity contribution is -0.245. The predicted octanol–water partition coefficient (Wildman–Crippen LogP) is 6.45. The predicted molar refractivity (Wildman–Crippen MR) is 185 cm³/mol. The molecule has 1 aromatic heterocycles. The molecule has 2 amide bonds. The lowest BCUT2D eigenvalue weighted by Crippen LogP contribution is -2.50. The van der Waals surface area contributed by atoms with Crippen molar-refractivity contribution in [3.05, 3.63) is 119 Å². The van der Waals surface area contributed by atoms with Crippen LogP contribution in [0.2, 0.25) is 0 Å². The fourth-order valence-corrected chi connectivity index (χ4v) is 7.39. The van der Waals surface area contributed by atoms with Crippen LogP contribution in [-0.2, 0) is 32.2 Å². The number of aromatic carboxylic acids is 1. The Balaban J connectivity index is 1.17. The quantitative estimate of drug-likeness (QED) is 0.149. The molecule has 3 aromatic carbocycles. The number of nitrogens with one attached hydrogen (secondary N) is 1. The first-order valence-corrected chi connectivity index (χ1v) is 17.7. The fourth-order valence-electron chi connectivity index (χ4n) is 6.38. The van der Waals surface area contributed by atoms with Crippen LogP contribution in [0.3, 0.4) is 0 Å². The molecule has 10 nitrogen and oxygen atoms in total. The van der Waals surface area contributed by atoms with Gasteiger partial charge in [0.1, 0.15) is 11.1 Å². The van der Waals surface area contributed by atoms with Gasteiger partial charge in [0.15, 0.2) is 6.29 Å². The Morgan fingerprint density at radius 1 is 0.942 bits per heavy atom. The molecule has 2 fully saturated rings. The van der Waals surface area contributed by atoms with Crippen molar-refractivity contribution in [1.29, 1.82) is 0 Å². The van der Waals surface area contributed by atoms with E-state index in [0.29, 0.717) is 28.5 Å². The van der Waals surface area contributed by atoms with Crippen molar-refractivity contribution in [2.75, 3.05) is 12.3 Å². The van der Waals surface area contributed by atoms with Crippen LogP contribution in [0.15, 0.2) is 96.2 Å². The number of aliphatic hydroxyl groups excluding tert-OH is 1. The van der Waals surface area contributed by atoms with Crippen molar-refractivity contribution in [2.45, 2.75) is 68.2 Å². The standard InChI is InChI=1S/C38H36F3N3O7S/c39-38(40,41)37(49)44-18-4-8-31(44)33(46)43-20-27-5-1-2-6-29(27)24-13-15-26(16-14-24)36-50-28(22-52-34-30(35(47)48)7-3-17-42-34)19-32(51-36)25-11-9-23(21-45)10-12-25/h1-3,5-7,9-17,28,31-32,36,45H,4,8,18-22H2,(H,43,46)(H,47,48)/t28-,31+,32+,36+/m1/s1. The molecule has 272 valence electrons. The van der Waals surface area contributed by atoms with Crippen LogP contribution in [-0.4, -0.2) is 68.5 Å². The second-order valence-corrected chi connectivity index (χ2v) is 13.5. The molecule has 0 bridgehead atoms. The Kier molecular flexibility index (Phi) is 11.6. The summed E-state index contributed by atoms with van der Waals surface area (Å²) in [4.78, 5) is 41.4. The van der Waals surface area contributed by atoms with Crippen LogP contribution in [0.1, 0.15) is 64.3 Å². The molecule has 0 radical (unpaired) electrons. The number of pyridine rings is 1. The van der Waals surface area contributed by atoms with Gasteiger partial charge in [-0.25, -0.2) is 9.78 Å². The number of carbonyl (C=O) groups excluding carboxylic acids is 2. The number of aliphatic hydroxyl groups is 1. The summed E-state index contributed by atoms with van der Waals surface area (Å²) in [6.07, 6.45) is -3.99. The molecule has 0 spiro atoms. The van der Waals surface area contributed by atoms with E-state index in [0.717, 1.165) is 33.4 Å². The number of aromatic nitrogens is 1. The number of halogens is 3. The summed E-state index contributed by atoms with van der Waals surface area (Å²) in [6, 6.07) is 24.2. The Morgan fingerprint density at radius 2 is 1.67 bits per heavy atom. The first-order valence-electron chi connectivity index (χ1n) is 16.7. The van der Waals surface area contributed by atoms with Crippen molar-refractivity contribution < 1.29 is 47.2 Å². The summed E-state index contributed by atoms with van der Waals surface area (Å²) in [7, 11) is 0. The van der Waals surface area contributed by atoms with Gasteiger partial charge in [0, 0.05) is 37.0 Å². The third-order valence-electron chi connectivity index (χ3n) is 9.05. The molecule has 0 saturated carbocycles. The minimum atomic E-state index is -5.05. The highest BCUT2D eigenvalue weighted by Gasteiger charge is 2.47. The molecule has 0 unspecified atom stereocenters. The van der Waals surface area contributed by atoms with Gasteiger partial charge in [-0.05, 0) is 52.8 Å². The number of hydrogen-bond acceptors (Lipinski definition) is 8. The average molecular weight is 736 g/mol. The Hall–Kier alpha value is -4.76. The van der Waals surface area contributed by atoms with Gasteiger partial charge in [0.25, 0.3) is 0 Å². The number of nitrogens with zero attached hydrogens (tertiary/aromatic N) is 2. The van der Waals surface area contributed by atoms with E-state index in [4.69, 9.17) is 9.47 Å². The highest BCUT2D eigenvalue weighted by atomic mass is 32.2. The molecule has 2 aliphatic rings. The van der Waals surface area contributed by atoms with Gasteiger partial charge >= 0.3 is 18.1 Å². The number of benzene rings is 3. The monoisotopic (exact) mass is 735 g/mol. The Morgan fingerprint density at radius 3 is 2.38 bits per heavy atom. The van der Waals surface area contributed by atoms with E-state index in [1.807, 2.05) is 66.7 Å². The highest BCUT2D eigenvalue weighted by Crippen LogP contribution is 2.40. The van der Waals surface area contributed by atoms with Crippen LogP contribution in [0, 0.1) is 0 Å². The molecule has 6 rings (SSSR count). The average Bonchev–Trinajstić information content (AvgIpc) is 3.66. The molecule has 2 aliphatic heterocycles. The molecule has 0 aliphatic carbocycles. The van der Waals surface area contributed by atoms with E-state index >= 15 is 0 Å². The molecule has 3 heterocycles. The van der Waals surface area contributed by atoms with Gasteiger partial charge in [-0.2, -0.15) is 13.2 Å². The summed E-state index contributed by atoms with van der Waals surface area (Å²) in [6.45, 7) is -0.164. The van der Waals surface area contributed by atoms with Gasteiger partial charge < -0.3 is 29.9 Å². The summed E-state index contributed by atoms with van der Waals surface area (Å²) < 4.78 is 52.1. The van der Waals surface area contributed by atoms with E-state index < -0.39 is 36.3 Å². The first-order chi connectivity index (χ1) is 25.0. The van der Waals surface area contributed by atoms with E-state index in [-0.39, 0.29) is 43.9 Å². The zero-order valence-electron chi connectivity index (χ0n) is 27.8. The SMILES string of the molecule is O=C(O)c1cccnc1SC[C@H]1C[C@@H](c2ccc(CO)cc2)O[C@@H](c2ccc(-c3ccccc3CNC(=O)[C@@H]3CCCN3C(=O)C(F)(F)F)cc2)O1. The summed E-state index contributed by atoms with van der Waals surface area (Å²) in [5, 5.41) is 22.2. The number of ether oxygens (including phenoxy) is 2. The molecule has 4 atom stereocenters. The summed E-state index contributed by atoms with van der Waals surface area (Å²) >= 11 is 1.30. The number of alkyl halides is 3. The summed E-state index contributed by atoms with van der Waals surface area (Å²) in [5.41, 5.74) is 4.87. The molecule has 52 heavy (non-hydrogen) atoms. The number of likely N-dealkylation sites (tertiary alicyclic amines) is 1. The fraction of sp³-hybridized carbons (Fsp3) is 0.316. The molecule has 14 heteroatoms. The zero-order chi connectivity index (χ0) is 36.8. The summed E-state index contributed by atoms with van der Waals surface area (Å²) in [5.74, 6) is -3.29. The minimum absolute atomic E-state index is 0.0477. The number of thioether (sulfide) groups is 1. The molecule has 4 aromatic rings. The first kappa shape index (κ1) is 37.0. The van der Waals surface area contributed by atoms with Crippen LogP contribution in [0.25, 0.3) is 11.1 Å². The molecular weight excluding hydrogens is 699 g/mol. The van der Waals surface area contributed by atoms with E-state index in [9.17, 15) is 37.8 Å². The number of amides is 2. The van der Waals surface area contributed by atoms with E-state index in [1.54, 1.807) is 18.3 Å². The normalized spacial score (nSPS) is 20.4. The highest BCUT2D eigenvalue weighted by molar-refractivity contribution is 7.99. The maximum atomic E-state index is 13.1. The van der Waals surface area contributed by atoms with Crippen molar-refractivity contribution >= 4 is 29.5 Å². The van der Waals surface area contributed by atoms with Crippen molar-refractivity contribution in [2.24, 2.45) is 0 Å². The smallest absolute Gasteiger partial charge is 0.471 e. The van der Waals surface area contributed by atoms with Gasteiger partial charge in [0.2, 0.25) is 5.91 Å². The number of hydrogen-bond donors (Lipinski definition) is 3. The minimum Gasteiger partial charge on any atom is -0.478 e. The lowest BCUT2D eigenvalue weighted by Gasteiger charge is -2.36. The molecule has 2 saturated heterocycles. The van der Waals surface area contributed by atoms with Crippen molar-refractivity contribution in [1.82, 2.24) is 15.2 Å². The zero-order valence-corrected chi connectivity index (χ0v) is 28.6. The lowest BCUT2D eigenvalue weighted by atomic mass is 9.97. The Bertz CT molecular complexity index is 1890. The molecular formula is C38H36F3N3O7S. The Labute approximate surface area is 302 Å². The van der Waals surface area contributed by atoms with Gasteiger partial charge in [-0.15, -0.1) is 11.8 Å². The number of carboxylic acid groups (broad SMARTS) is 1. The van der Waals surface area contributed by atoms with E-state index in [2.05, 4.69) is 10.3 Å². The van der Waals surface area contributed by atoms with Crippen LogP contribution >= 0.6 is 11.8 Å². The van der Waals surface area contributed by atoms with Crippen LogP contribution < -0.4 is 5.32 Å². The van der Waals surface area contributed by atoms with Crippen molar-refractivity contribution in [3.63, 3.8) is 0 Å². The van der Waals surface area contributed by atoms with Crippen LogP contribution in [0.5, 0.6) is 0 Å². The largest absolute Gasteiger partial charge is 0.478 e. The second kappa shape index (κ2) is 16.3. The van der Waals surface area contributed by atoms with Crippen molar-refractivity contribution in [3.8, 4) is 11.1 Å². The van der Waals surface area contributed by atoms with Gasteiger partial charge in [0.05, 0.1) is 24.4 Å². The topological polar surface area (TPSA) is 138 Å². The van der Waals surface area contributed by atoms with Gasteiger partial charge in [-0.3, -0.25) is 9.59 Å². The third-order valence-corrected chi connectivity index (χ3v) is 10.2. The van der Waals surface area contributed by atoms with Gasteiger partial charge in [-0.1, -0.05) is 72.8 Å². The number of carboxylic acids is 1.